The molecule has 0 saturated carbocycles. The molecule has 0 N–H and O–H groups in total. The molecule has 30 heavy (non-hydrogen) atoms. The number of aromatic nitrogens is 1. The van der Waals surface area contributed by atoms with Crippen molar-refractivity contribution < 1.29 is 27.5 Å². The number of carbonyl (C=O) groups is 2. The van der Waals surface area contributed by atoms with Crippen molar-refractivity contribution in [2.75, 3.05) is 20.7 Å². The van der Waals surface area contributed by atoms with Crippen LogP contribution in [0.1, 0.15) is 51.0 Å². The number of fused-ring (bicyclic) bond motifs is 1. The Kier molecular flexibility index (Phi) is 6.05. The molecule has 1 aliphatic carbocycles. The first-order valence-corrected chi connectivity index (χ1v) is 9.59. The molecule has 8 heteroatoms. The molecule has 0 amide bonds. The van der Waals surface area contributed by atoms with E-state index in [9.17, 15) is 22.8 Å². The molecule has 5 nitrogen and oxygen atoms in total. The molecule has 1 heterocycles. The molecule has 0 spiro atoms. The van der Waals surface area contributed by atoms with Gasteiger partial charge in [-0.05, 0) is 49.1 Å². The van der Waals surface area contributed by atoms with Crippen molar-refractivity contribution in [2.24, 2.45) is 0 Å². The van der Waals surface area contributed by atoms with Crippen molar-refractivity contribution >= 4 is 11.8 Å². The van der Waals surface area contributed by atoms with E-state index in [1.165, 1.54) is 12.1 Å². The van der Waals surface area contributed by atoms with Crippen LogP contribution in [-0.2, 0) is 23.9 Å². The average molecular weight is 420 g/mol. The highest BCUT2D eigenvalue weighted by molar-refractivity contribution is 6.10. The van der Waals surface area contributed by atoms with Crippen LogP contribution in [0.5, 0.6) is 0 Å². The van der Waals surface area contributed by atoms with Gasteiger partial charge in [-0.3, -0.25) is 4.79 Å². The molecular weight excluding hydrogens is 397 g/mol. The predicted octanol–water partition coefficient (Wildman–Crippen LogP) is 4.31. The molecule has 1 aliphatic rings. The minimum atomic E-state index is -4.43. The van der Waals surface area contributed by atoms with Crippen LogP contribution in [0.2, 0.25) is 0 Å². The van der Waals surface area contributed by atoms with E-state index in [-0.39, 0.29) is 24.6 Å². The van der Waals surface area contributed by atoms with Gasteiger partial charge in [0.05, 0.1) is 17.9 Å². The summed E-state index contributed by atoms with van der Waals surface area (Å²) >= 11 is 0. The average Bonchev–Trinajstić information content (AvgIpc) is 3.03. The van der Waals surface area contributed by atoms with Gasteiger partial charge >= 0.3 is 12.1 Å². The van der Waals surface area contributed by atoms with Crippen molar-refractivity contribution in [1.82, 2.24) is 9.47 Å². The van der Waals surface area contributed by atoms with Crippen LogP contribution in [-0.4, -0.2) is 41.9 Å². The SMILES string of the molecule is CCOC(=O)c1cc2c(n1Cc1ccc(C(F)(F)F)cc1)C(=O)/C(=C/N(C)C)CC2. The first kappa shape index (κ1) is 21.7. The lowest BCUT2D eigenvalue weighted by molar-refractivity contribution is -0.137. The van der Waals surface area contributed by atoms with Gasteiger partial charge in [-0.25, -0.2) is 4.79 Å². The van der Waals surface area contributed by atoms with Gasteiger partial charge in [0.2, 0.25) is 5.78 Å². The Morgan fingerprint density at radius 2 is 1.87 bits per heavy atom. The summed E-state index contributed by atoms with van der Waals surface area (Å²) in [5, 5.41) is 0. The van der Waals surface area contributed by atoms with Crippen LogP contribution in [0.4, 0.5) is 13.2 Å². The second-order valence-electron chi connectivity index (χ2n) is 7.35. The first-order valence-electron chi connectivity index (χ1n) is 9.59. The molecule has 1 aromatic heterocycles. The number of alkyl halides is 3. The molecule has 0 unspecified atom stereocenters. The largest absolute Gasteiger partial charge is 0.461 e. The van der Waals surface area contributed by atoms with E-state index in [1.807, 2.05) is 14.1 Å². The van der Waals surface area contributed by atoms with E-state index >= 15 is 0 Å². The van der Waals surface area contributed by atoms with Gasteiger partial charge in [0.25, 0.3) is 0 Å². The van der Waals surface area contributed by atoms with E-state index in [0.29, 0.717) is 29.7 Å². The van der Waals surface area contributed by atoms with Gasteiger partial charge < -0.3 is 14.2 Å². The lowest BCUT2D eigenvalue weighted by Crippen LogP contribution is -2.22. The molecule has 1 aromatic carbocycles. The number of carbonyl (C=O) groups excluding carboxylic acids is 2. The number of rotatable bonds is 5. The fourth-order valence-electron chi connectivity index (χ4n) is 3.55. The van der Waals surface area contributed by atoms with Gasteiger partial charge in [-0.2, -0.15) is 13.2 Å². The lowest BCUT2D eigenvalue weighted by atomic mass is 9.92. The number of Topliss-reactive ketones (excluding diaryl/α,β-unsaturated/α-hetero) is 1. The molecule has 0 bridgehead atoms. The van der Waals surface area contributed by atoms with Crippen LogP contribution >= 0.6 is 0 Å². The van der Waals surface area contributed by atoms with Crippen molar-refractivity contribution in [1.29, 1.82) is 0 Å². The maximum Gasteiger partial charge on any atom is 0.416 e. The second kappa shape index (κ2) is 8.38. The topological polar surface area (TPSA) is 51.5 Å². The number of halogens is 3. The molecule has 0 atom stereocenters. The first-order chi connectivity index (χ1) is 14.1. The minimum Gasteiger partial charge on any atom is -0.461 e. The van der Waals surface area contributed by atoms with Gasteiger partial charge in [0, 0.05) is 32.4 Å². The number of aryl methyl sites for hydroxylation is 1. The van der Waals surface area contributed by atoms with Crippen LogP contribution in [0.25, 0.3) is 0 Å². The molecular formula is C22H23F3N2O3. The summed E-state index contributed by atoms with van der Waals surface area (Å²) < 4.78 is 45.2. The molecule has 0 saturated heterocycles. The van der Waals surface area contributed by atoms with E-state index in [1.54, 1.807) is 28.7 Å². The normalized spacial score (nSPS) is 15.3. The standard InChI is InChI=1S/C22H23F3N2O3/c1-4-30-21(29)18-11-15-7-8-16(13-26(2)3)20(28)19(15)27(18)12-14-5-9-17(10-6-14)22(23,24)25/h5-6,9-11,13H,4,7-8,12H2,1-3H3/b16-13+. The van der Waals surface area contributed by atoms with Crippen molar-refractivity contribution in [3.05, 3.63) is 70.2 Å². The Morgan fingerprint density at radius 3 is 2.43 bits per heavy atom. The summed E-state index contributed by atoms with van der Waals surface area (Å²) in [6, 6.07) is 6.35. The molecule has 2 aromatic rings. The summed E-state index contributed by atoms with van der Waals surface area (Å²) in [5.41, 5.74) is 1.76. The lowest BCUT2D eigenvalue weighted by Gasteiger charge is -2.20. The number of hydrogen-bond acceptors (Lipinski definition) is 4. The summed E-state index contributed by atoms with van der Waals surface area (Å²) in [6.07, 6.45) is -1.53. The minimum absolute atomic E-state index is 0.0859. The number of nitrogens with zero attached hydrogens (tertiary/aromatic N) is 2. The highest BCUT2D eigenvalue weighted by Crippen LogP contribution is 2.31. The third-order valence-corrected chi connectivity index (χ3v) is 4.87. The maximum absolute atomic E-state index is 13.1. The number of ketones is 1. The van der Waals surface area contributed by atoms with E-state index in [2.05, 4.69) is 0 Å². The summed E-state index contributed by atoms with van der Waals surface area (Å²) in [7, 11) is 3.64. The van der Waals surface area contributed by atoms with Crippen molar-refractivity contribution in [3.63, 3.8) is 0 Å². The fourth-order valence-corrected chi connectivity index (χ4v) is 3.55. The fraction of sp³-hybridized carbons (Fsp3) is 0.364. The highest BCUT2D eigenvalue weighted by atomic mass is 19.4. The molecule has 160 valence electrons. The van der Waals surface area contributed by atoms with Gasteiger partial charge in [-0.1, -0.05) is 12.1 Å². The number of ether oxygens (including phenoxy) is 1. The van der Waals surface area contributed by atoms with Gasteiger partial charge in [0.1, 0.15) is 5.69 Å². The van der Waals surface area contributed by atoms with E-state index < -0.39 is 17.7 Å². The zero-order valence-electron chi connectivity index (χ0n) is 17.0. The Labute approximate surface area is 172 Å². The zero-order valence-corrected chi connectivity index (χ0v) is 17.0. The van der Waals surface area contributed by atoms with Gasteiger partial charge in [-0.15, -0.1) is 0 Å². The smallest absolute Gasteiger partial charge is 0.416 e. The summed E-state index contributed by atoms with van der Waals surface area (Å²) in [6.45, 7) is 1.95. The molecule has 0 aliphatic heterocycles. The third kappa shape index (κ3) is 4.42. The third-order valence-electron chi connectivity index (χ3n) is 4.87. The Hall–Kier alpha value is -3.03. The zero-order chi connectivity index (χ0) is 22.1. The number of benzene rings is 1. The Bertz CT molecular complexity index is 986. The summed E-state index contributed by atoms with van der Waals surface area (Å²) in [4.78, 5) is 27.4. The number of esters is 1. The predicted molar refractivity (Wildman–Crippen MR) is 105 cm³/mol. The molecule has 0 fully saturated rings. The van der Waals surface area contributed by atoms with Gasteiger partial charge in [0.15, 0.2) is 0 Å². The Morgan fingerprint density at radius 1 is 1.20 bits per heavy atom. The van der Waals surface area contributed by atoms with Crippen LogP contribution in [0, 0.1) is 0 Å². The van der Waals surface area contributed by atoms with Crippen molar-refractivity contribution in [2.45, 2.75) is 32.5 Å². The van der Waals surface area contributed by atoms with Crippen molar-refractivity contribution in [3.8, 4) is 0 Å². The summed E-state index contributed by atoms with van der Waals surface area (Å²) in [5.74, 6) is -0.753. The molecule has 0 radical (unpaired) electrons. The maximum atomic E-state index is 13.1. The van der Waals surface area contributed by atoms with Crippen LogP contribution in [0.3, 0.4) is 0 Å². The van der Waals surface area contributed by atoms with Crippen LogP contribution in [0.15, 0.2) is 42.1 Å². The second-order valence-corrected chi connectivity index (χ2v) is 7.35. The van der Waals surface area contributed by atoms with E-state index in [0.717, 1.165) is 17.7 Å². The molecule has 3 rings (SSSR count). The quantitative estimate of drug-likeness (QED) is 0.535. The van der Waals surface area contributed by atoms with Crippen LogP contribution < -0.4 is 0 Å². The number of allylic oxidation sites excluding steroid dienone is 1. The van der Waals surface area contributed by atoms with E-state index in [4.69, 9.17) is 4.74 Å². The monoisotopic (exact) mass is 420 g/mol. The highest BCUT2D eigenvalue weighted by Gasteiger charge is 2.32. The Balaban J connectivity index is 2.05. The number of hydrogen-bond donors (Lipinski definition) is 0.